The van der Waals surface area contributed by atoms with Gasteiger partial charge in [0.1, 0.15) is 41.2 Å². The van der Waals surface area contributed by atoms with E-state index in [9.17, 15) is 18.8 Å². The van der Waals surface area contributed by atoms with Crippen LogP contribution in [0.2, 0.25) is 0 Å². The number of carbonyl (C=O) groups excluding carboxylic acids is 2. The molecule has 12 nitrogen and oxygen atoms in total. The first-order valence-corrected chi connectivity index (χ1v) is 17.3. The molecule has 1 unspecified atom stereocenters. The molecule has 0 radical (unpaired) electrons. The maximum absolute atomic E-state index is 15.1. The number of piperidine rings is 2. The number of rotatable bonds is 12. The van der Waals surface area contributed by atoms with Gasteiger partial charge in [0.2, 0.25) is 11.8 Å². The zero-order valence-corrected chi connectivity index (χ0v) is 27.5. The van der Waals surface area contributed by atoms with E-state index in [1.807, 2.05) is 0 Å². The maximum atomic E-state index is 15.1. The second-order valence-corrected chi connectivity index (χ2v) is 13.6. The van der Waals surface area contributed by atoms with Gasteiger partial charge in [-0.05, 0) is 56.2 Å². The van der Waals surface area contributed by atoms with Crippen molar-refractivity contribution < 1.29 is 27.8 Å². The van der Waals surface area contributed by atoms with Crippen LogP contribution in [-0.2, 0) is 20.9 Å². The van der Waals surface area contributed by atoms with Crippen LogP contribution >= 0.6 is 0 Å². The molecule has 1 saturated carbocycles. The molecular weight excluding hydrogens is 636 g/mol. The van der Waals surface area contributed by atoms with Crippen molar-refractivity contribution in [1.82, 2.24) is 25.1 Å². The van der Waals surface area contributed by atoms with Crippen molar-refractivity contribution in [3.05, 3.63) is 58.1 Å². The quantitative estimate of drug-likeness (QED) is 0.246. The average Bonchev–Trinajstić information content (AvgIpc) is 3.92. The third-order valence-electron chi connectivity index (χ3n) is 9.93. The van der Waals surface area contributed by atoms with Gasteiger partial charge in [-0.2, -0.15) is 0 Å². The molecule has 49 heavy (non-hydrogen) atoms. The van der Waals surface area contributed by atoms with Crippen molar-refractivity contribution in [3.63, 3.8) is 0 Å². The van der Waals surface area contributed by atoms with Gasteiger partial charge in [-0.3, -0.25) is 24.6 Å². The SMILES string of the molecule is O=C1CCC(Nc2ccc(N3CCN(CCN4CCC(OCc5nc6cc(OCC7CC7)cc(F)c6c(=O)[nH]5)CC4)CC3)c(F)c2)C(=O)N1. The minimum atomic E-state index is -0.638. The van der Waals surface area contributed by atoms with E-state index in [0.29, 0.717) is 41.9 Å². The molecule has 3 aromatic rings. The van der Waals surface area contributed by atoms with Crippen LogP contribution in [-0.4, -0.2) is 103 Å². The van der Waals surface area contributed by atoms with Crippen molar-refractivity contribution in [2.45, 2.75) is 57.3 Å². The molecule has 2 aromatic carbocycles. The monoisotopic (exact) mass is 679 g/mol. The number of likely N-dealkylation sites (tertiary alicyclic amines) is 1. The second-order valence-electron chi connectivity index (χ2n) is 13.6. The molecule has 0 bridgehead atoms. The average molecular weight is 680 g/mol. The van der Waals surface area contributed by atoms with Crippen molar-refractivity contribution in [1.29, 1.82) is 0 Å². The first-order chi connectivity index (χ1) is 23.8. The summed E-state index contributed by atoms with van der Waals surface area (Å²) in [5.74, 6) is -0.354. The van der Waals surface area contributed by atoms with Crippen LogP contribution in [0.25, 0.3) is 10.9 Å². The lowest BCUT2D eigenvalue weighted by Crippen LogP contribution is -2.49. The number of hydrogen-bond acceptors (Lipinski definition) is 10. The fourth-order valence-electron chi connectivity index (χ4n) is 6.78. The molecule has 3 saturated heterocycles. The lowest BCUT2D eigenvalue weighted by Gasteiger charge is -2.38. The number of aromatic amines is 1. The van der Waals surface area contributed by atoms with E-state index < -0.39 is 17.4 Å². The fraction of sp³-hybridized carbons (Fsp3) is 0.543. The number of carbonyl (C=O) groups is 2. The van der Waals surface area contributed by atoms with E-state index in [1.54, 1.807) is 18.2 Å². The van der Waals surface area contributed by atoms with Gasteiger partial charge in [-0.1, -0.05) is 0 Å². The fourth-order valence-corrected chi connectivity index (χ4v) is 6.78. The van der Waals surface area contributed by atoms with Gasteiger partial charge >= 0.3 is 0 Å². The zero-order chi connectivity index (χ0) is 33.9. The molecule has 1 aromatic heterocycles. The number of halogens is 2. The van der Waals surface area contributed by atoms with Crippen LogP contribution in [0.15, 0.2) is 35.1 Å². The van der Waals surface area contributed by atoms with Crippen LogP contribution in [0, 0.1) is 17.6 Å². The molecule has 14 heteroatoms. The Morgan fingerprint density at radius 3 is 2.35 bits per heavy atom. The molecule has 0 spiro atoms. The molecule has 7 rings (SSSR count). The summed E-state index contributed by atoms with van der Waals surface area (Å²) < 4.78 is 41.6. The molecule has 1 atom stereocenters. The number of imide groups is 1. The van der Waals surface area contributed by atoms with Gasteiger partial charge < -0.3 is 29.6 Å². The van der Waals surface area contributed by atoms with Crippen molar-refractivity contribution in [2.24, 2.45) is 5.92 Å². The van der Waals surface area contributed by atoms with Crippen LogP contribution in [0.4, 0.5) is 20.2 Å². The maximum Gasteiger partial charge on any atom is 0.261 e. The topological polar surface area (TPSA) is 132 Å². The van der Waals surface area contributed by atoms with Crippen LogP contribution in [0.5, 0.6) is 5.75 Å². The van der Waals surface area contributed by atoms with Gasteiger partial charge in [0, 0.05) is 76.6 Å². The Kier molecular flexibility index (Phi) is 10.1. The van der Waals surface area contributed by atoms with Crippen LogP contribution < -0.4 is 25.8 Å². The van der Waals surface area contributed by atoms with Gasteiger partial charge in [-0.15, -0.1) is 0 Å². The molecule has 2 amide bonds. The van der Waals surface area contributed by atoms with E-state index in [0.717, 1.165) is 78.0 Å². The van der Waals surface area contributed by atoms with Gasteiger partial charge in [-0.25, -0.2) is 13.8 Å². The van der Waals surface area contributed by atoms with E-state index in [1.165, 1.54) is 12.1 Å². The van der Waals surface area contributed by atoms with Crippen molar-refractivity contribution in [2.75, 3.05) is 69.2 Å². The summed E-state index contributed by atoms with van der Waals surface area (Å²) >= 11 is 0. The molecular formula is C35H43F2N7O5. The largest absolute Gasteiger partial charge is 0.493 e. The Labute approximate surface area is 283 Å². The lowest BCUT2D eigenvalue weighted by atomic mass is 10.1. The normalized spacial score (nSPS) is 21.3. The summed E-state index contributed by atoms with van der Waals surface area (Å²) in [5.41, 5.74) is 0.816. The predicted molar refractivity (Wildman–Crippen MR) is 180 cm³/mol. The molecule has 1 aliphatic carbocycles. The Hall–Kier alpha value is -4.14. The highest BCUT2D eigenvalue weighted by Gasteiger charge is 2.28. The molecule has 3 N–H and O–H groups in total. The minimum absolute atomic E-state index is 0.0474. The summed E-state index contributed by atoms with van der Waals surface area (Å²) in [6.07, 6.45) is 4.69. The molecule has 3 aliphatic heterocycles. The lowest BCUT2D eigenvalue weighted by molar-refractivity contribution is -0.133. The Bertz CT molecular complexity index is 1740. The minimum Gasteiger partial charge on any atom is -0.493 e. The molecule has 4 heterocycles. The first kappa shape index (κ1) is 33.4. The number of anilines is 2. The number of nitrogens with zero attached hydrogens (tertiary/aromatic N) is 4. The highest BCUT2D eigenvalue weighted by molar-refractivity contribution is 6.01. The Balaban J connectivity index is 0.822. The van der Waals surface area contributed by atoms with E-state index >= 15 is 4.39 Å². The highest BCUT2D eigenvalue weighted by Crippen LogP contribution is 2.30. The first-order valence-electron chi connectivity index (χ1n) is 17.3. The Morgan fingerprint density at radius 1 is 0.878 bits per heavy atom. The second kappa shape index (κ2) is 14.8. The number of ether oxygens (including phenoxy) is 2. The molecule has 4 fully saturated rings. The number of aromatic nitrogens is 2. The highest BCUT2D eigenvalue weighted by atomic mass is 19.1. The molecule has 262 valence electrons. The number of fused-ring (bicyclic) bond motifs is 1. The number of benzene rings is 2. The summed E-state index contributed by atoms with van der Waals surface area (Å²) in [6, 6.07) is 7.27. The number of nitrogens with one attached hydrogen (secondary N) is 3. The van der Waals surface area contributed by atoms with E-state index in [2.05, 4.69) is 35.3 Å². The Morgan fingerprint density at radius 2 is 1.63 bits per heavy atom. The number of piperazine rings is 1. The van der Waals surface area contributed by atoms with Gasteiger partial charge in [0.15, 0.2) is 0 Å². The predicted octanol–water partition coefficient (Wildman–Crippen LogP) is 3.01. The summed E-state index contributed by atoms with van der Waals surface area (Å²) in [5, 5.41) is 5.28. The van der Waals surface area contributed by atoms with E-state index in [4.69, 9.17) is 9.47 Å². The van der Waals surface area contributed by atoms with Crippen LogP contribution in [0.1, 0.15) is 44.3 Å². The number of H-pyrrole nitrogens is 1. The summed E-state index contributed by atoms with van der Waals surface area (Å²) in [7, 11) is 0. The number of hydrogen-bond donors (Lipinski definition) is 3. The summed E-state index contributed by atoms with van der Waals surface area (Å²) in [6.45, 7) is 7.50. The third-order valence-corrected chi connectivity index (χ3v) is 9.93. The third kappa shape index (κ3) is 8.36. The summed E-state index contributed by atoms with van der Waals surface area (Å²) in [4.78, 5) is 50.1. The molecule has 4 aliphatic rings. The smallest absolute Gasteiger partial charge is 0.261 e. The zero-order valence-electron chi connectivity index (χ0n) is 27.5. The van der Waals surface area contributed by atoms with Crippen molar-refractivity contribution >= 4 is 34.1 Å². The standard InChI is InChI=1S/C35H43F2N7O5/c36-26-17-23(38-28-4-6-32(45)41-34(28)46)3-5-30(26)44-15-13-43(14-16-44)12-11-42-9-7-24(8-10-42)49-21-31-39-29-19-25(48-20-22-1-2-22)18-27(37)33(29)35(47)40-31/h3,5,17-19,22,24,28,38H,1-2,4,6-16,20-21H2,(H,39,40,47)(H,41,45,46). The van der Waals surface area contributed by atoms with Crippen molar-refractivity contribution in [3.8, 4) is 5.75 Å². The van der Waals surface area contributed by atoms with Gasteiger partial charge in [0.25, 0.3) is 5.56 Å². The van der Waals surface area contributed by atoms with Crippen LogP contribution in [0.3, 0.4) is 0 Å². The van der Waals surface area contributed by atoms with Gasteiger partial charge in [0.05, 0.1) is 23.9 Å². The van der Waals surface area contributed by atoms with E-state index in [-0.39, 0.29) is 47.7 Å². The number of amides is 2.